The SMILES string of the molecule is CC(C)(C)OC(=O)c1ccc(NC(=O)C(CCC2CC2)N2C=CC(Br)=C=C2O)cc1. The highest BCUT2D eigenvalue weighted by Crippen LogP contribution is 2.35. The van der Waals surface area contributed by atoms with Gasteiger partial charge in [0.25, 0.3) is 0 Å². The standard InChI is InChI=1S/C23H27BrN2O4/c1-23(2,3)30-22(29)16-7-9-18(10-8-16)25-21(28)19(11-6-15-4-5-15)26-13-12-17(24)14-20(26)27/h7-10,12-13,15,19,27H,4-6,11H2,1-3H3,(H,25,28). The lowest BCUT2D eigenvalue weighted by atomic mass is 10.1. The Bertz CT molecular complexity index is 904. The molecule has 1 unspecified atom stereocenters. The quantitative estimate of drug-likeness (QED) is 0.416. The number of amides is 1. The van der Waals surface area contributed by atoms with Crippen molar-refractivity contribution in [2.24, 2.45) is 5.92 Å². The number of ether oxygens (including phenoxy) is 1. The fraction of sp³-hybridized carbons (Fsp3) is 0.435. The molecule has 1 amide bonds. The van der Waals surface area contributed by atoms with Crippen LogP contribution in [0.1, 0.15) is 56.8 Å². The Labute approximate surface area is 185 Å². The fourth-order valence-electron chi connectivity index (χ4n) is 3.13. The predicted octanol–water partition coefficient (Wildman–Crippen LogP) is 5.25. The van der Waals surface area contributed by atoms with Crippen LogP contribution >= 0.6 is 15.9 Å². The Hall–Kier alpha value is -2.50. The highest BCUT2D eigenvalue weighted by Gasteiger charge is 2.31. The number of carbonyl (C=O) groups is 2. The summed E-state index contributed by atoms with van der Waals surface area (Å²) in [4.78, 5) is 26.7. The van der Waals surface area contributed by atoms with E-state index >= 15 is 0 Å². The smallest absolute Gasteiger partial charge is 0.338 e. The van der Waals surface area contributed by atoms with Gasteiger partial charge in [-0.15, -0.1) is 0 Å². The molecule has 1 atom stereocenters. The number of halogens is 1. The molecule has 30 heavy (non-hydrogen) atoms. The van der Waals surface area contributed by atoms with E-state index in [1.54, 1.807) is 36.5 Å². The van der Waals surface area contributed by atoms with Crippen molar-refractivity contribution in [3.05, 3.63) is 58.2 Å². The highest BCUT2D eigenvalue weighted by molar-refractivity contribution is 9.11. The van der Waals surface area contributed by atoms with Gasteiger partial charge in [-0.3, -0.25) is 4.79 Å². The first-order valence-corrected chi connectivity index (χ1v) is 10.9. The zero-order valence-corrected chi connectivity index (χ0v) is 19.0. The summed E-state index contributed by atoms with van der Waals surface area (Å²) in [6.07, 6.45) is 7.37. The Morgan fingerprint density at radius 2 is 1.97 bits per heavy atom. The topological polar surface area (TPSA) is 78.9 Å². The molecule has 1 aromatic rings. The molecule has 1 aromatic carbocycles. The van der Waals surface area contributed by atoms with Crippen LogP contribution < -0.4 is 5.32 Å². The summed E-state index contributed by atoms with van der Waals surface area (Å²) in [5.41, 5.74) is 3.21. The van der Waals surface area contributed by atoms with E-state index in [1.807, 2.05) is 20.8 Å². The maximum absolute atomic E-state index is 13.0. The molecular weight excluding hydrogens is 448 g/mol. The number of aliphatic hydroxyl groups excluding tert-OH is 1. The maximum atomic E-state index is 13.0. The number of carbonyl (C=O) groups excluding carboxylic acids is 2. The number of nitrogens with zero attached hydrogens (tertiary/aromatic N) is 1. The number of benzene rings is 1. The zero-order valence-electron chi connectivity index (χ0n) is 17.4. The highest BCUT2D eigenvalue weighted by atomic mass is 79.9. The van der Waals surface area contributed by atoms with Gasteiger partial charge in [0.1, 0.15) is 11.6 Å². The molecule has 0 bridgehead atoms. The molecule has 3 rings (SSSR count). The van der Waals surface area contributed by atoms with E-state index in [2.05, 4.69) is 27.0 Å². The van der Waals surface area contributed by atoms with E-state index in [0.29, 0.717) is 28.1 Å². The molecule has 2 N–H and O–H groups in total. The molecule has 6 nitrogen and oxygen atoms in total. The summed E-state index contributed by atoms with van der Waals surface area (Å²) in [5, 5.41) is 13.2. The van der Waals surface area contributed by atoms with Crippen LogP contribution in [-0.4, -0.2) is 33.5 Å². The largest absolute Gasteiger partial charge is 0.489 e. The lowest BCUT2D eigenvalue weighted by Gasteiger charge is -2.29. The molecule has 160 valence electrons. The number of aliphatic hydroxyl groups is 1. The van der Waals surface area contributed by atoms with Crippen molar-refractivity contribution in [2.45, 2.75) is 58.1 Å². The van der Waals surface area contributed by atoms with E-state index in [9.17, 15) is 14.7 Å². The molecule has 1 fully saturated rings. The van der Waals surface area contributed by atoms with Gasteiger partial charge >= 0.3 is 5.97 Å². The number of esters is 1. The van der Waals surface area contributed by atoms with E-state index in [0.717, 1.165) is 6.42 Å². The summed E-state index contributed by atoms with van der Waals surface area (Å²) >= 11 is 3.28. The van der Waals surface area contributed by atoms with Crippen molar-refractivity contribution in [3.63, 3.8) is 0 Å². The molecule has 0 radical (unpaired) electrons. The van der Waals surface area contributed by atoms with Crippen LogP contribution in [0.5, 0.6) is 0 Å². The lowest BCUT2D eigenvalue weighted by molar-refractivity contribution is -0.120. The molecule has 1 aliphatic carbocycles. The third-order valence-electron chi connectivity index (χ3n) is 4.83. The Balaban J connectivity index is 1.70. The third-order valence-corrected chi connectivity index (χ3v) is 5.29. The van der Waals surface area contributed by atoms with Gasteiger partial charge in [-0.1, -0.05) is 12.8 Å². The first-order chi connectivity index (χ1) is 14.1. The van der Waals surface area contributed by atoms with Crippen LogP contribution in [-0.2, 0) is 9.53 Å². The summed E-state index contributed by atoms with van der Waals surface area (Å²) < 4.78 is 5.98. The van der Waals surface area contributed by atoms with Gasteiger partial charge in [0.05, 0.1) is 10.0 Å². The van der Waals surface area contributed by atoms with Crippen molar-refractivity contribution in [1.29, 1.82) is 0 Å². The third kappa shape index (κ3) is 6.25. The van der Waals surface area contributed by atoms with Crippen molar-refractivity contribution in [2.75, 3.05) is 5.32 Å². The molecule has 2 aliphatic rings. The number of anilines is 1. The first-order valence-electron chi connectivity index (χ1n) is 10.1. The number of hydrogen-bond donors (Lipinski definition) is 2. The number of allylic oxidation sites excluding steroid dienone is 2. The summed E-state index contributed by atoms with van der Waals surface area (Å²) in [5.74, 6) is -0.0681. The Morgan fingerprint density at radius 3 is 2.53 bits per heavy atom. The molecule has 0 spiro atoms. The monoisotopic (exact) mass is 474 g/mol. The fourth-order valence-corrected chi connectivity index (χ4v) is 3.43. The van der Waals surface area contributed by atoms with Crippen molar-refractivity contribution in [3.8, 4) is 0 Å². The number of hydrogen-bond acceptors (Lipinski definition) is 5. The van der Waals surface area contributed by atoms with Gasteiger partial charge < -0.3 is 20.1 Å². The minimum absolute atomic E-state index is 0.0967. The van der Waals surface area contributed by atoms with Crippen LogP contribution in [0.2, 0.25) is 0 Å². The van der Waals surface area contributed by atoms with Crippen molar-refractivity contribution < 1.29 is 19.4 Å². The van der Waals surface area contributed by atoms with Crippen LogP contribution in [0, 0.1) is 5.92 Å². The molecular formula is C23H27BrN2O4. The number of rotatable bonds is 7. The normalized spacial score (nSPS) is 17.1. The summed E-state index contributed by atoms with van der Waals surface area (Å²) in [6, 6.07) is 6.04. The second-order valence-corrected chi connectivity index (χ2v) is 9.48. The summed E-state index contributed by atoms with van der Waals surface area (Å²) in [7, 11) is 0. The minimum atomic E-state index is -0.570. The van der Waals surface area contributed by atoms with Crippen LogP contribution in [0.3, 0.4) is 0 Å². The van der Waals surface area contributed by atoms with Gasteiger partial charge in [0.15, 0.2) is 0 Å². The summed E-state index contributed by atoms with van der Waals surface area (Å²) in [6.45, 7) is 5.44. The van der Waals surface area contributed by atoms with E-state index < -0.39 is 17.6 Å². The van der Waals surface area contributed by atoms with E-state index in [-0.39, 0.29) is 11.8 Å². The second kappa shape index (κ2) is 9.11. The predicted molar refractivity (Wildman–Crippen MR) is 119 cm³/mol. The maximum Gasteiger partial charge on any atom is 0.338 e. The van der Waals surface area contributed by atoms with E-state index in [1.165, 1.54) is 17.7 Å². The van der Waals surface area contributed by atoms with Crippen LogP contribution in [0.25, 0.3) is 0 Å². The average Bonchev–Trinajstić information content (AvgIpc) is 3.47. The molecule has 1 saturated carbocycles. The Kier molecular flexibility index (Phi) is 6.74. The molecule has 1 heterocycles. The van der Waals surface area contributed by atoms with Crippen molar-refractivity contribution >= 4 is 33.5 Å². The van der Waals surface area contributed by atoms with Gasteiger partial charge in [-0.25, -0.2) is 4.79 Å². The number of nitrogens with one attached hydrogen (secondary N) is 1. The zero-order chi connectivity index (χ0) is 21.9. The van der Waals surface area contributed by atoms with Crippen molar-refractivity contribution in [1.82, 2.24) is 4.90 Å². The van der Waals surface area contributed by atoms with Gasteiger partial charge in [-0.05, 0) is 91.5 Å². The molecule has 0 aromatic heterocycles. The van der Waals surface area contributed by atoms with Crippen LogP contribution in [0.15, 0.2) is 52.6 Å². The Morgan fingerprint density at radius 1 is 1.30 bits per heavy atom. The lowest BCUT2D eigenvalue weighted by Crippen LogP contribution is -2.41. The second-order valence-electron chi connectivity index (χ2n) is 8.62. The van der Waals surface area contributed by atoms with E-state index in [4.69, 9.17) is 4.74 Å². The molecule has 1 aliphatic heterocycles. The van der Waals surface area contributed by atoms with Gasteiger partial charge in [0, 0.05) is 11.9 Å². The molecule has 0 saturated heterocycles. The average molecular weight is 475 g/mol. The first kappa shape index (κ1) is 22.2. The molecule has 7 heteroatoms. The van der Waals surface area contributed by atoms with Gasteiger partial charge in [-0.2, -0.15) is 0 Å². The van der Waals surface area contributed by atoms with Gasteiger partial charge in [0.2, 0.25) is 11.8 Å². The minimum Gasteiger partial charge on any atom is -0.489 e. The van der Waals surface area contributed by atoms with Crippen LogP contribution in [0.4, 0.5) is 5.69 Å².